The Morgan fingerprint density at radius 2 is 1.62 bits per heavy atom. The highest BCUT2D eigenvalue weighted by molar-refractivity contribution is 7.89. The minimum absolute atomic E-state index is 0.0594. The summed E-state index contributed by atoms with van der Waals surface area (Å²) in [7, 11) is -3.84. The molecule has 1 amide bonds. The lowest BCUT2D eigenvalue weighted by Gasteiger charge is -2.20. The van der Waals surface area contributed by atoms with Crippen LogP contribution in [-0.4, -0.2) is 31.7 Å². The van der Waals surface area contributed by atoms with Crippen molar-refractivity contribution in [2.75, 3.05) is 18.4 Å². The highest BCUT2D eigenvalue weighted by Gasteiger charge is 2.30. The first-order valence-corrected chi connectivity index (χ1v) is 9.11. The fourth-order valence-corrected chi connectivity index (χ4v) is 3.64. The van der Waals surface area contributed by atoms with E-state index >= 15 is 0 Å². The number of amides is 1. The Morgan fingerprint density at radius 3 is 2.12 bits per heavy atom. The van der Waals surface area contributed by atoms with Crippen molar-refractivity contribution in [2.45, 2.75) is 18.0 Å². The Morgan fingerprint density at radius 1 is 1.04 bits per heavy atom. The van der Waals surface area contributed by atoms with Crippen molar-refractivity contribution in [3.05, 3.63) is 60.2 Å². The van der Waals surface area contributed by atoms with Crippen LogP contribution in [0.2, 0.25) is 0 Å². The lowest BCUT2D eigenvalue weighted by atomic mass is 10.2. The number of alkyl halides is 3. The van der Waals surface area contributed by atoms with E-state index in [1.807, 2.05) is 0 Å². The number of hydrogen-bond donors (Lipinski definition) is 1. The number of halogens is 3. The molecule has 0 fully saturated rings. The number of nitrogens with one attached hydrogen (secondary N) is 1. The van der Waals surface area contributed by atoms with Crippen molar-refractivity contribution in [3.8, 4) is 0 Å². The van der Waals surface area contributed by atoms with Crippen LogP contribution in [0.25, 0.3) is 0 Å². The molecule has 2 aromatic rings. The molecule has 0 atom stereocenters. The third-order valence-corrected chi connectivity index (χ3v) is 5.48. The fraction of sp³-hybridized carbons (Fsp3) is 0.235. The zero-order chi connectivity index (χ0) is 19.4. The lowest BCUT2D eigenvalue weighted by Crippen LogP contribution is -2.37. The Kier molecular flexibility index (Phi) is 6.04. The minimum atomic E-state index is -4.47. The molecule has 1 N–H and O–H groups in total. The Labute approximate surface area is 149 Å². The molecule has 0 aliphatic heterocycles. The number of carbonyl (C=O) groups excluding carboxylic acids is 1. The van der Waals surface area contributed by atoms with Crippen LogP contribution in [0.5, 0.6) is 0 Å². The first-order valence-electron chi connectivity index (χ1n) is 7.67. The van der Waals surface area contributed by atoms with E-state index in [-0.39, 0.29) is 17.1 Å². The molecule has 140 valence electrons. The van der Waals surface area contributed by atoms with Crippen LogP contribution in [0.15, 0.2) is 59.5 Å². The molecule has 0 unspecified atom stereocenters. The molecule has 0 heterocycles. The van der Waals surface area contributed by atoms with Gasteiger partial charge in [0.25, 0.3) is 0 Å². The number of nitrogens with zero attached hydrogens (tertiary/aromatic N) is 1. The topological polar surface area (TPSA) is 66.5 Å². The fourth-order valence-electron chi connectivity index (χ4n) is 2.21. The first kappa shape index (κ1) is 19.9. The quantitative estimate of drug-likeness (QED) is 0.828. The first-order chi connectivity index (χ1) is 12.1. The number of rotatable bonds is 6. The molecule has 0 spiro atoms. The van der Waals surface area contributed by atoms with Crippen LogP contribution >= 0.6 is 0 Å². The summed E-state index contributed by atoms with van der Waals surface area (Å²) in [6, 6.07) is 11.6. The van der Waals surface area contributed by atoms with E-state index in [0.29, 0.717) is 0 Å². The van der Waals surface area contributed by atoms with E-state index in [4.69, 9.17) is 0 Å². The molecule has 9 heteroatoms. The molecule has 0 radical (unpaired) electrons. The monoisotopic (exact) mass is 386 g/mol. The van der Waals surface area contributed by atoms with Crippen LogP contribution in [0.4, 0.5) is 18.9 Å². The molecule has 0 aromatic heterocycles. The predicted molar refractivity (Wildman–Crippen MR) is 90.9 cm³/mol. The zero-order valence-electron chi connectivity index (χ0n) is 13.8. The van der Waals surface area contributed by atoms with Crippen molar-refractivity contribution in [1.82, 2.24) is 4.31 Å². The van der Waals surface area contributed by atoms with Crippen molar-refractivity contribution in [2.24, 2.45) is 0 Å². The summed E-state index contributed by atoms with van der Waals surface area (Å²) in [5.41, 5.74) is -0.687. The smallest absolute Gasteiger partial charge is 0.325 e. The predicted octanol–water partition coefficient (Wildman–Crippen LogP) is 3.35. The Balaban J connectivity index is 2.08. The second-order valence-electron chi connectivity index (χ2n) is 5.37. The third kappa shape index (κ3) is 4.83. The summed E-state index contributed by atoms with van der Waals surface area (Å²) in [6.07, 6.45) is -4.47. The normalized spacial score (nSPS) is 12.2. The molecule has 0 aliphatic carbocycles. The van der Waals surface area contributed by atoms with Gasteiger partial charge >= 0.3 is 6.18 Å². The molecular weight excluding hydrogens is 369 g/mol. The van der Waals surface area contributed by atoms with E-state index in [9.17, 15) is 26.4 Å². The van der Waals surface area contributed by atoms with E-state index in [1.165, 1.54) is 12.1 Å². The zero-order valence-corrected chi connectivity index (χ0v) is 14.6. The summed E-state index contributed by atoms with van der Waals surface area (Å²) < 4.78 is 63.6. The van der Waals surface area contributed by atoms with Gasteiger partial charge in [-0.05, 0) is 36.4 Å². The van der Waals surface area contributed by atoms with Crippen LogP contribution < -0.4 is 5.32 Å². The Bertz CT molecular complexity index is 851. The van der Waals surface area contributed by atoms with Gasteiger partial charge in [-0.3, -0.25) is 4.79 Å². The SMILES string of the molecule is CCN(CC(=O)Nc1ccc(C(F)(F)F)cc1)S(=O)(=O)c1ccccc1. The minimum Gasteiger partial charge on any atom is -0.325 e. The number of hydrogen-bond acceptors (Lipinski definition) is 3. The average molecular weight is 386 g/mol. The van der Waals surface area contributed by atoms with Crippen molar-refractivity contribution in [1.29, 1.82) is 0 Å². The number of likely N-dealkylation sites (N-methyl/N-ethyl adjacent to an activating group) is 1. The highest BCUT2D eigenvalue weighted by atomic mass is 32.2. The van der Waals surface area contributed by atoms with E-state index < -0.39 is 34.2 Å². The van der Waals surface area contributed by atoms with Crippen molar-refractivity contribution < 1.29 is 26.4 Å². The summed E-state index contributed by atoms with van der Waals surface area (Å²) in [6.45, 7) is 1.21. The van der Waals surface area contributed by atoms with Gasteiger partial charge in [0.05, 0.1) is 17.0 Å². The lowest BCUT2D eigenvalue weighted by molar-refractivity contribution is -0.137. The van der Waals surface area contributed by atoms with E-state index in [0.717, 1.165) is 28.6 Å². The molecule has 2 rings (SSSR count). The molecule has 0 aliphatic rings. The number of carbonyl (C=O) groups is 1. The van der Waals surface area contributed by atoms with Gasteiger partial charge in [0.2, 0.25) is 15.9 Å². The van der Waals surface area contributed by atoms with Crippen LogP contribution in [0.3, 0.4) is 0 Å². The maximum absolute atomic E-state index is 12.5. The van der Waals surface area contributed by atoms with Gasteiger partial charge in [0.1, 0.15) is 0 Å². The Hall–Kier alpha value is -2.39. The summed E-state index contributed by atoms with van der Waals surface area (Å²) >= 11 is 0. The van der Waals surface area contributed by atoms with Crippen LogP contribution in [-0.2, 0) is 21.0 Å². The molecule has 0 bridgehead atoms. The molecule has 26 heavy (non-hydrogen) atoms. The van der Waals surface area contributed by atoms with Gasteiger partial charge in [0.15, 0.2) is 0 Å². The third-order valence-electron chi connectivity index (χ3n) is 3.55. The maximum atomic E-state index is 12.5. The van der Waals surface area contributed by atoms with E-state index in [2.05, 4.69) is 5.32 Å². The molecule has 5 nitrogen and oxygen atoms in total. The summed E-state index contributed by atoms with van der Waals surface area (Å²) in [4.78, 5) is 12.2. The van der Waals surface area contributed by atoms with Gasteiger partial charge in [-0.15, -0.1) is 0 Å². The van der Waals surface area contributed by atoms with Crippen molar-refractivity contribution in [3.63, 3.8) is 0 Å². The second-order valence-corrected chi connectivity index (χ2v) is 7.31. The summed E-state index contributed by atoms with van der Waals surface area (Å²) in [5.74, 6) is -0.647. The maximum Gasteiger partial charge on any atom is 0.416 e. The van der Waals surface area contributed by atoms with Crippen LogP contribution in [0.1, 0.15) is 12.5 Å². The highest BCUT2D eigenvalue weighted by Crippen LogP contribution is 2.29. The average Bonchev–Trinajstić information content (AvgIpc) is 2.60. The van der Waals surface area contributed by atoms with Crippen molar-refractivity contribution >= 4 is 21.6 Å². The number of anilines is 1. The molecule has 2 aromatic carbocycles. The van der Waals surface area contributed by atoms with Gasteiger partial charge in [-0.1, -0.05) is 25.1 Å². The molecule has 0 saturated carbocycles. The van der Waals surface area contributed by atoms with Gasteiger partial charge in [0, 0.05) is 12.2 Å². The second kappa shape index (κ2) is 7.88. The molecule has 0 saturated heterocycles. The standard InChI is InChI=1S/C17H17F3N2O3S/c1-2-22(26(24,25)15-6-4-3-5-7-15)12-16(23)21-14-10-8-13(9-11-14)17(18,19)20/h3-11H,2,12H2,1H3,(H,21,23). The van der Waals surface area contributed by atoms with Gasteiger partial charge < -0.3 is 5.32 Å². The number of sulfonamides is 1. The van der Waals surface area contributed by atoms with E-state index in [1.54, 1.807) is 25.1 Å². The van der Waals surface area contributed by atoms with Gasteiger partial charge in [-0.25, -0.2) is 8.42 Å². The summed E-state index contributed by atoms with van der Waals surface area (Å²) in [5, 5.41) is 2.40. The van der Waals surface area contributed by atoms with Crippen LogP contribution in [0, 0.1) is 0 Å². The number of benzene rings is 2. The largest absolute Gasteiger partial charge is 0.416 e. The van der Waals surface area contributed by atoms with Gasteiger partial charge in [-0.2, -0.15) is 17.5 Å². The molecular formula is C17H17F3N2O3S.